The predicted octanol–water partition coefficient (Wildman–Crippen LogP) is 3.21. The second-order valence-corrected chi connectivity index (χ2v) is 5.42. The Morgan fingerprint density at radius 1 is 1.52 bits per heavy atom. The Bertz CT molecular complexity index is 612. The van der Waals surface area contributed by atoms with E-state index in [9.17, 15) is 4.79 Å². The molecular weight excluding hydrogens is 290 g/mol. The summed E-state index contributed by atoms with van der Waals surface area (Å²) in [4.78, 5) is 19.4. The molecule has 2 aromatic rings. The van der Waals surface area contributed by atoms with Crippen molar-refractivity contribution in [1.82, 2.24) is 15.3 Å². The van der Waals surface area contributed by atoms with Crippen LogP contribution < -0.4 is 5.32 Å². The zero-order valence-electron chi connectivity index (χ0n) is 12.3. The first-order valence-electron chi connectivity index (χ1n) is 7.12. The topological polar surface area (TPSA) is 67.0 Å². The van der Waals surface area contributed by atoms with Crippen LogP contribution in [-0.4, -0.2) is 29.1 Å². The number of rotatable bonds is 7. The maximum absolute atomic E-state index is 11.8. The van der Waals surface area contributed by atoms with E-state index in [1.165, 1.54) is 0 Å². The minimum Gasteiger partial charge on any atom is -0.372 e. The number of carbonyl (C=O) groups is 1. The summed E-state index contributed by atoms with van der Waals surface area (Å²) in [5.41, 5.74) is 1.69. The van der Waals surface area contributed by atoms with Crippen molar-refractivity contribution >= 4 is 28.5 Å². The van der Waals surface area contributed by atoms with Crippen LogP contribution in [0.25, 0.3) is 11.0 Å². The number of benzene rings is 1. The fraction of sp³-hybridized carbons (Fsp3) is 0.467. The Hall–Kier alpha value is -1.59. The van der Waals surface area contributed by atoms with E-state index in [1.54, 1.807) is 6.07 Å². The minimum atomic E-state index is -0.210. The fourth-order valence-electron chi connectivity index (χ4n) is 1.97. The molecule has 0 aliphatic heterocycles. The van der Waals surface area contributed by atoms with Gasteiger partial charge in [-0.3, -0.25) is 4.79 Å². The smallest absolute Gasteiger partial charge is 0.246 e. The molecule has 5 nitrogen and oxygen atoms in total. The quantitative estimate of drug-likeness (QED) is 0.772. The van der Waals surface area contributed by atoms with Crippen molar-refractivity contribution in [2.45, 2.75) is 32.7 Å². The van der Waals surface area contributed by atoms with Gasteiger partial charge in [-0.05, 0) is 31.5 Å². The Kier molecular flexibility index (Phi) is 5.59. The first-order valence-corrected chi connectivity index (χ1v) is 7.50. The average Bonchev–Trinajstić information content (AvgIpc) is 2.86. The van der Waals surface area contributed by atoms with Gasteiger partial charge in [0.15, 0.2) is 0 Å². The van der Waals surface area contributed by atoms with Gasteiger partial charge in [0.2, 0.25) is 5.91 Å². The van der Waals surface area contributed by atoms with Crippen molar-refractivity contribution in [2.75, 3.05) is 13.2 Å². The van der Waals surface area contributed by atoms with E-state index in [0.29, 0.717) is 17.5 Å². The monoisotopic (exact) mass is 309 g/mol. The number of nitrogens with one attached hydrogen (secondary N) is 2. The lowest BCUT2D eigenvalue weighted by atomic mass is 10.3. The largest absolute Gasteiger partial charge is 0.372 e. The summed E-state index contributed by atoms with van der Waals surface area (Å²) in [6, 6.07) is 5.24. The molecule has 0 radical (unpaired) electrons. The number of aromatic amines is 1. The first-order chi connectivity index (χ1) is 10.1. The van der Waals surface area contributed by atoms with Crippen molar-refractivity contribution in [2.24, 2.45) is 0 Å². The standard InChI is InChI=1S/C15H20ClN3O2/c1-3-4-7-21-9-14(20)17-10(2)15-18-12-6-5-11(16)8-13(12)19-15/h5-6,8,10H,3-4,7,9H2,1-2H3,(H,17,20)(H,18,19)/t10-/m0/s1. The molecule has 1 amide bonds. The number of aromatic nitrogens is 2. The third-order valence-electron chi connectivity index (χ3n) is 3.13. The lowest BCUT2D eigenvalue weighted by Crippen LogP contribution is -2.30. The molecule has 21 heavy (non-hydrogen) atoms. The van der Waals surface area contributed by atoms with E-state index in [4.69, 9.17) is 16.3 Å². The van der Waals surface area contributed by atoms with Crippen LogP contribution in [0.1, 0.15) is 38.6 Å². The number of ether oxygens (including phenoxy) is 1. The van der Waals surface area contributed by atoms with E-state index in [2.05, 4.69) is 22.2 Å². The van der Waals surface area contributed by atoms with Crippen LogP contribution >= 0.6 is 11.6 Å². The molecule has 0 saturated heterocycles. The predicted molar refractivity (Wildman–Crippen MR) is 83.4 cm³/mol. The number of hydrogen-bond donors (Lipinski definition) is 2. The van der Waals surface area contributed by atoms with Crippen molar-refractivity contribution in [3.8, 4) is 0 Å². The van der Waals surface area contributed by atoms with Crippen LogP contribution in [0, 0.1) is 0 Å². The summed E-state index contributed by atoms with van der Waals surface area (Å²) in [6.07, 6.45) is 2.02. The SMILES string of the molecule is CCCCOCC(=O)N[C@@H](C)c1nc2ccc(Cl)cc2[nH]1. The van der Waals surface area contributed by atoms with Gasteiger partial charge in [0, 0.05) is 11.6 Å². The van der Waals surface area contributed by atoms with Crippen molar-refractivity contribution in [3.05, 3.63) is 29.0 Å². The summed E-state index contributed by atoms with van der Waals surface area (Å²) in [6.45, 7) is 4.65. The summed E-state index contributed by atoms with van der Waals surface area (Å²) < 4.78 is 5.29. The summed E-state index contributed by atoms with van der Waals surface area (Å²) >= 11 is 5.94. The minimum absolute atomic E-state index is 0.0798. The number of carbonyl (C=O) groups excluding carboxylic acids is 1. The molecule has 0 aliphatic rings. The number of unbranched alkanes of at least 4 members (excludes halogenated alkanes) is 1. The van der Waals surface area contributed by atoms with E-state index < -0.39 is 0 Å². The summed E-state index contributed by atoms with van der Waals surface area (Å²) in [7, 11) is 0. The molecule has 1 aromatic heterocycles. The van der Waals surface area contributed by atoms with Crippen LogP contribution in [0.3, 0.4) is 0 Å². The highest BCUT2D eigenvalue weighted by atomic mass is 35.5. The molecule has 6 heteroatoms. The number of H-pyrrole nitrogens is 1. The lowest BCUT2D eigenvalue weighted by molar-refractivity contribution is -0.126. The summed E-state index contributed by atoms with van der Waals surface area (Å²) in [5.74, 6) is 0.561. The maximum atomic E-state index is 11.8. The Morgan fingerprint density at radius 2 is 2.33 bits per heavy atom. The molecule has 0 unspecified atom stereocenters. The molecule has 0 spiro atoms. The van der Waals surface area contributed by atoms with Gasteiger partial charge in [-0.2, -0.15) is 0 Å². The number of nitrogens with zero attached hydrogens (tertiary/aromatic N) is 1. The first kappa shape index (κ1) is 15.8. The molecule has 1 atom stereocenters. The molecule has 0 aliphatic carbocycles. The van der Waals surface area contributed by atoms with E-state index in [-0.39, 0.29) is 18.6 Å². The van der Waals surface area contributed by atoms with Gasteiger partial charge >= 0.3 is 0 Å². The van der Waals surface area contributed by atoms with E-state index >= 15 is 0 Å². The van der Waals surface area contributed by atoms with Gasteiger partial charge in [0.1, 0.15) is 12.4 Å². The van der Waals surface area contributed by atoms with Crippen molar-refractivity contribution < 1.29 is 9.53 Å². The highest BCUT2D eigenvalue weighted by Gasteiger charge is 2.13. The molecule has 0 saturated carbocycles. The van der Waals surface area contributed by atoms with Gasteiger partial charge in [-0.1, -0.05) is 24.9 Å². The summed E-state index contributed by atoms with van der Waals surface area (Å²) in [5, 5.41) is 3.51. The van der Waals surface area contributed by atoms with Gasteiger partial charge in [-0.25, -0.2) is 4.98 Å². The Morgan fingerprint density at radius 3 is 3.10 bits per heavy atom. The van der Waals surface area contributed by atoms with Crippen molar-refractivity contribution in [1.29, 1.82) is 0 Å². The Labute approximate surface area is 129 Å². The fourth-order valence-corrected chi connectivity index (χ4v) is 2.14. The van der Waals surface area contributed by atoms with E-state index in [1.807, 2.05) is 19.1 Å². The number of fused-ring (bicyclic) bond motifs is 1. The average molecular weight is 310 g/mol. The number of hydrogen-bond acceptors (Lipinski definition) is 3. The third kappa shape index (κ3) is 4.44. The normalized spacial score (nSPS) is 12.5. The van der Waals surface area contributed by atoms with Crippen LogP contribution in [0.15, 0.2) is 18.2 Å². The molecule has 114 valence electrons. The molecule has 2 rings (SSSR count). The molecule has 2 N–H and O–H groups in total. The van der Waals surface area contributed by atoms with Gasteiger partial charge < -0.3 is 15.0 Å². The van der Waals surface area contributed by atoms with Crippen molar-refractivity contribution in [3.63, 3.8) is 0 Å². The molecule has 0 bridgehead atoms. The third-order valence-corrected chi connectivity index (χ3v) is 3.36. The second-order valence-electron chi connectivity index (χ2n) is 4.98. The Balaban J connectivity index is 1.92. The van der Waals surface area contributed by atoms with Crippen LogP contribution in [0.4, 0.5) is 0 Å². The highest BCUT2D eigenvalue weighted by molar-refractivity contribution is 6.31. The molecule has 1 heterocycles. The van der Waals surface area contributed by atoms with Gasteiger partial charge in [0.05, 0.1) is 17.1 Å². The number of halogens is 1. The lowest BCUT2D eigenvalue weighted by Gasteiger charge is -2.11. The zero-order chi connectivity index (χ0) is 15.2. The number of imidazole rings is 1. The second kappa shape index (κ2) is 7.43. The zero-order valence-corrected chi connectivity index (χ0v) is 13.0. The maximum Gasteiger partial charge on any atom is 0.246 e. The van der Waals surface area contributed by atoms with E-state index in [0.717, 1.165) is 23.9 Å². The van der Waals surface area contributed by atoms with Crippen LogP contribution in [0.2, 0.25) is 5.02 Å². The molecular formula is C15H20ClN3O2. The number of amides is 1. The molecule has 0 fully saturated rings. The van der Waals surface area contributed by atoms with Crippen LogP contribution in [-0.2, 0) is 9.53 Å². The highest BCUT2D eigenvalue weighted by Crippen LogP contribution is 2.19. The molecule has 1 aromatic carbocycles. The van der Waals surface area contributed by atoms with Crippen LogP contribution in [0.5, 0.6) is 0 Å². The van der Waals surface area contributed by atoms with Gasteiger partial charge in [-0.15, -0.1) is 0 Å². The van der Waals surface area contributed by atoms with Gasteiger partial charge in [0.25, 0.3) is 0 Å².